The van der Waals surface area contributed by atoms with Crippen molar-refractivity contribution in [1.82, 2.24) is 14.5 Å². The summed E-state index contributed by atoms with van der Waals surface area (Å²) < 4.78 is 2.27. The first-order chi connectivity index (χ1) is 25.6. The van der Waals surface area contributed by atoms with E-state index >= 15 is 0 Å². The van der Waals surface area contributed by atoms with E-state index in [1.54, 1.807) is 0 Å². The van der Waals surface area contributed by atoms with Crippen LogP contribution in [0.25, 0.3) is 61.4 Å². The Morgan fingerprint density at radius 2 is 0.962 bits per heavy atom. The Bertz CT molecular complexity index is 2670. The number of aryl methyl sites for hydroxylation is 2. The minimum absolute atomic E-state index is 0.491. The molecule has 2 heterocycles. The summed E-state index contributed by atoms with van der Waals surface area (Å²) in [4.78, 5) is 10.6. The number of benzene rings is 7. The Morgan fingerprint density at radius 3 is 1.58 bits per heavy atom. The Kier molecular flexibility index (Phi) is 6.84. The van der Waals surface area contributed by atoms with E-state index in [9.17, 15) is 0 Å². The number of para-hydroxylation sites is 1. The first-order valence-corrected chi connectivity index (χ1v) is 17.9. The summed E-state index contributed by atoms with van der Waals surface area (Å²) in [5.74, 6) is 0.654. The lowest BCUT2D eigenvalue weighted by Crippen LogP contribution is -2.28. The molecule has 3 nitrogen and oxygen atoms in total. The summed E-state index contributed by atoms with van der Waals surface area (Å²) in [6, 6.07) is 63.7. The highest BCUT2D eigenvalue weighted by Gasteiger charge is 2.46. The molecule has 1 aliphatic carbocycles. The molecule has 3 heteroatoms. The van der Waals surface area contributed by atoms with Crippen LogP contribution < -0.4 is 0 Å². The molecule has 0 atom stereocenters. The van der Waals surface area contributed by atoms with Gasteiger partial charge in [-0.05, 0) is 71.5 Å². The van der Waals surface area contributed by atoms with Crippen molar-refractivity contribution in [2.75, 3.05) is 0 Å². The van der Waals surface area contributed by atoms with Gasteiger partial charge in [0.25, 0.3) is 0 Å². The molecule has 0 spiro atoms. The van der Waals surface area contributed by atoms with Crippen LogP contribution in [-0.2, 0) is 5.41 Å². The molecule has 0 amide bonds. The van der Waals surface area contributed by atoms with Gasteiger partial charge in [-0.3, -0.25) is 4.57 Å². The van der Waals surface area contributed by atoms with Crippen LogP contribution in [0.2, 0.25) is 0 Å². The van der Waals surface area contributed by atoms with Crippen LogP contribution in [0.15, 0.2) is 176 Å². The summed E-state index contributed by atoms with van der Waals surface area (Å²) in [6.07, 6.45) is 0. The predicted molar refractivity (Wildman–Crippen MR) is 214 cm³/mol. The quantitative estimate of drug-likeness (QED) is 0.183. The Morgan fingerprint density at radius 1 is 0.423 bits per heavy atom. The van der Waals surface area contributed by atoms with Gasteiger partial charge >= 0.3 is 0 Å². The number of fused-ring (bicyclic) bond motifs is 6. The molecule has 0 saturated carbocycles. The van der Waals surface area contributed by atoms with Gasteiger partial charge in [0.05, 0.1) is 27.8 Å². The first-order valence-electron chi connectivity index (χ1n) is 17.9. The van der Waals surface area contributed by atoms with Crippen molar-refractivity contribution < 1.29 is 0 Å². The van der Waals surface area contributed by atoms with Crippen molar-refractivity contribution in [3.63, 3.8) is 0 Å². The van der Waals surface area contributed by atoms with Crippen LogP contribution in [0, 0.1) is 13.8 Å². The fraction of sp³-hybridized carbons (Fsp3) is 0.0612. The van der Waals surface area contributed by atoms with Gasteiger partial charge in [0.1, 0.15) is 0 Å². The Balaban J connectivity index is 1.31. The van der Waals surface area contributed by atoms with E-state index in [4.69, 9.17) is 9.97 Å². The zero-order valence-corrected chi connectivity index (χ0v) is 29.1. The molecule has 0 N–H and O–H groups in total. The summed E-state index contributed by atoms with van der Waals surface area (Å²) >= 11 is 0. The van der Waals surface area contributed by atoms with Gasteiger partial charge in [-0.2, -0.15) is 0 Å². The molecule has 1 aliphatic rings. The Labute approximate surface area is 303 Å². The zero-order chi connectivity index (χ0) is 34.8. The predicted octanol–water partition coefficient (Wildman–Crippen LogP) is 11.9. The molecule has 10 rings (SSSR count). The Hall–Kier alpha value is -6.58. The van der Waals surface area contributed by atoms with E-state index in [0.717, 1.165) is 33.5 Å². The van der Waals surface area contributed by atoms with Crippen molar-refractivity contribution in [1.29, 1.82) is 0 Å². The summed E-state index contributed by atoms with van der Waals surface area (Å²) in [5, 5.41) is 2.36. The molecule has 0 bridgehead atoms. The van der Waals surface area contributed by atoms with E-state index in [2.05, 4.69) is 182 Å². The second kappa shape index (κ2) is 11.8. The monoisotopic (exact) mass is 665 g/mol. The lowest BCUT2D eigenvalue weighted by atomic mass is 9.67. The third-order valence-corrected chi connectivity index (χ3v) is 10.9. The van der Waals surface area contributed by atoms with Crippen LogP contribution in [0.3, 0.4) is 0 Å². The van der Waals surface area contributed by atoms with Crippen LogP contribution in [0.5, 0.6) is 0 Å². The molecule has 52 heavy (non-hydrogen) atoms. The minimum Gasteiger partial charge on any atom is -0.278 e. The van der Waals surface area contributed by atoms with Gasteiger partial charge < -0.3 is 0 Å². The van der Waals surface area contributed by atoms with Crippen molar-refractivity contribution in [3.05, 3.63) is 209 Å². The fourth-order valence-corrected chi connectivity index (χ4v) is 8.40. The van der Waals surface area contributed by atoms with Crippen LogP contribution in [-0.4, -0.2) is 14.5 Å². The van der Waals surface area contributed by atoms with Crippen molar-refractivity contribution >= 4 is 21.8 Å². The van der Waals surface area contributed by atoms with Crippen LogP contribution >= 0.6 is 0 Å². The highest BCUT2D eigenvalue weighted by Crippen LogP contribution is 2.57. The van der Waals surface area contributed by atoms with Crippen molar-refractivity contribution in [2.45, 2.75) is 19.3 Å². The highest BCUT2D eigenvalue weighted by molar-refractivity contribution is 6.11. The molecule has 0 radical (unpaired) electrons. The maximum absolute atomic E-state index is 5.30. The molecule has 0 saturated heterocycles. The normalized spacial score (nSPS) is 13.0. The average molecular weight is 666 g/mol. The van der Waals surface area contributed by atoms with Gasteiger partial charge in [-0.25, -0.2) is 9.97 Å². The van der Waals surface area contributed by atoms with E-state index in [0.29, 0.717) is 5.95 Å². The maximum atomic E-state index is 5.30. The van der Waals surface area contributed by atoms with Gasteiger partial charge in [-0.1, -0.05) is 163 Å². The van der Waals surface area contributed by atoms with E-state index in [1.807, 2.05) is 12.1 Å². The standard InChI is InChI=1S/C49H35N3/c1-32-21-25-36(26-22-32)49(37-27-23-33(2)24-28-37)42-19-11-9-17-38(42)40-30-47-41(29-43(40)49)39-18-10-12-20-46(39)52(47)48-50-44(34-13-5-3-6-14-34)31-45(51-48)35-15-7-4-8-16-35/h3-31H,1-2H3. The van der Waals surface area contributed by atoms with Gasteiger partial charge in [0, 0.05) is 21.9 Å². The average Bonchev–Trinajstić information content (AvgIpc) is 3.68. The van der Waals surface area contributed by atoms with Crippen molar-refractivity contribution in [3.8, 4) is 39.6 Å². The fourth-order valence-electron chi connectivity index (χ4n) is 8.40. The smallest absolute Gasteiger partial charge is 0.235 e. The number of hydrogen-bond acceptors (Lipinski definition) is 2. The molecule has 9 aromatic rings. The largest absolute Gasteiger partial charge is 0.278 e. The SMILES string of the molecule is Cc1ccc(C2(c3ccc(C)cc3)c3ccccc3-c3cc4c(cc32)c2ccccc2n4-c2nc(-c3ccccc3)cc(-c3ccccc3)n2)cc1. The molecule has 0 fully saturated rings. The van der Waals surface area contributed by atoms with Gasteiger partial charge in [0.15, 0.2) is 0 Å². The summed E-state index contributed by atoms with van der Waals surface area (Å²) in [6.45, 7) is 4.32. The first kappa shape index (κ1) is 30.3. The summed E-state index contributed by atoms with van der Waals surface area (Å²) in [5.41, 5.74) is 15.7. The van der Waals surface area contributed by atoms with Crippen LogP contribution in [0.1, 0.15) is 33.4 Å². The molecular weight excluding hydrogens is 631 g/mol. The minimum atomic E-state index is -0.491. The zero-order valence-electron chi connectivity index (χ0n) is 29.1. The molecule has 7 aromatic carbocycles. The number of nitrogens with zero attached hydrogens (tertiary/aromatic N) is 3. The molecule has 0 aliphatic heterocycles. The number of rotatable bonds is 5. The third-order valence-electron chi connectivity index (χ3n) is 10.9. The third kappa shape index (κ3) is 4.52. The lowest BCUT2D eigenvalue weighted by molar-refractivity contribution is 0.768. The molecular formula is C49H35N3. The topological polar surface area (TPSA) is 30.7 Å². The second-order valence-electron chi connectivity index (χ2n) is 14.0. The molecule has 2 aromatic heterocycles. The number of aromatic nitrogens is 3. The highest BCUT2D eigenvalue weighted by atomic mass is 15.2. The van der Waals surface area contributed by atoms with Gasteiger partial charge in [0.2, 0.25) is 5.95 Å². The molecule has 246 valence electrons. The molecule has 0 unspecified atom stereocenters. The van der Waals surface area contributed by atoms with E-state index < -0.39 is 5.41 Å². The summed E-state index contributed by atoms with van der Waals surface area (Å²) in [7, 11) is 0. The second-order valence-corrected chi connectivity index (χ2v) is 14.0. The van der Waals surface area contributed by atoms with Gasteiger partial charge in [-0.15, -0.1) is 0 Å². The lowest BCUT2D eigenvalue weighted by Gasteiger charge is -2.34. The van der Waals surface area contributed by atoms with Crippen LogP contribution in [0.4, 0.5) is 0 Å². The maximum Gasteiger partial charge on any atom is 0.235 e. The van der Waals surface area contributed by atoms with E-state index in [1.165, 1.54) is 55.3 Å². The van der Waals surface area contributed by atoms with E-state index in [-0.39, 0.29) is 0 Å². The number of hydrogen-bond donors (Lipinski definition) is 0. The van der Waals surface area contributed by atoms with Crippen molar-refractivity contribution in [2.24, 2.45) is 0 Å².